The molecule has 1 aliphatic rings. The van der Waals surface area contributed by atoms with Crippen LogP contribution in [0.5, 0.6) is 0 Å². The van der Waals surface area contributed by atoms with E-state index in [1.54, 1.807) is 19.1 Å². The zero-order valence-electron chi connectivity index (χ0n) is 16.7. The van der Waals surface area contributed by atoms with E-state index in [1.165, 1.54) is 12.3 Å². The van der Waals surface area contributed by atoms with Crippen LogP contribution < -0.4 is 5.32 Å². The van der Waals surface area contributed by atoms with Gasteiger partial charge in [0, 0.05) is 23.9 Å². The average Bonchev–Trinajstić information content (AvgIpc) is 2.95. The second kappa shape index (κ2) is 8.03. The molecule has 32 heavy (non-hydrogen) atoms. The number of benzene rings is 2. The van der Waals surface area contributed by atoms with E-state index in [-0.39, 0.29) is 40.4 Å². The van der Waals surface area contributed by atoms with Crippen LogP contribution in [0.2, 0.25) is 0 Å². The predicted octanol–water partition coefficient (Wildman–Crippen LogP) is 5.53. The summed E-state index contributed by atoms with van der Waals surface area (Å²) in [6.07, 6.45) is -2.11. The van der Waals surface area contributed by atoms with E-state index in [1.807, 2.05) is 0 Å². The predicted molar refractivity (Wildman–Crippen MR) is 113 cm³/mol. The molecular weight excluding hydrogens is 429 g/mol. The first-order chi connectivity index (χ1) is 15.1. The van der Waals surface area contributed by atoms with Crippen molar-refractivity contribution >= 4 is 34.6 Å². The molecule has 1 aliphatic heterocycles. The zero-order chi connectivity index (χ0) is 23.0. The first-order valence-corrected chi connectivity index (χ1v) is 9.41. The van der Waals surface area contributed by atoms with Crippen LogP contribution in [0.15, 0.2) is 59.2 Å². The molecule has 0 saturated carbocycles. The summed E-state index contributed by atoms with van der Waals surface area (Å²) >= 11 is 0. The molecule has 3 aromatic rings. The Morgan fingerprint density at radius 2 is 1.91 bits per heavy atom. The smallest absolute Gasteiger partial charge is 0.343 e. The molecule has 1 aromatic heterocycles. The number of hydrogen-bond donors (Lipinski definition) is 1. The highest BCUT2D eigenvalue weighted by molar-refractivity contribution is 6.00. The minimum absolute atomic E-state index is 0.0468. The Morgan fingerprint density at radius 1 is 1.12 bits per heavy atom. The number of aliphatic imine (C=N–C) groups is 2. The van der Waals surface area contributed by atoms with Crippen molar-refractivity contribution in [3.63, 3.8) is 0 Å². The van der Waals surface area contributed by atoms with Crippen molar-refractivity contribution in [2.75, 3.05) is 0 Å². The number of aryl methyl sites for hydroxylation is 1. The number of hydrogen-bond acceptors (Lipinski definition) is 4. The molecule has 0 saturated heterocycles. The lowest BCUT2D eigenvalue weighted by Gasteiger charge is -2.11. The van der Waals surface area contributed by atoms with E-state index in [0.717, 1.165) is 34.5 Å². The molecule has 0 bridgehead atoms. The maximum Gasteiger partial charge on any atom is 0.450 e. The lowest BCUT2D eigenvalue weighted by Crippen LogP contribution is -2.22. The van der Waals surface area contributed by atoms with Crippen LogP contribution in [0.4, 0.5) is 22.0 Å². The maximum atomic E-state index is 14.0. The van der Waals surface area contributed by atoms with Crippen molar-refractivity contribution in [1.82, 2.24) is 14.9 Å². The van der Waals surface area contributed by atoms with Gasteiger partial charge in [0.25, 0.3) is 0 Å². The van der Waals surface area contributed by atoms with Crippen LogP contribution in [0.25, 0.3) is 22.6 Å². The highest BCUT2D eigenvalue weighted by Gasteiger charge is 2.38. The molecule has 0 fully saturated rings. The molecule has 4 rings (SSSR count). The van der Waals surface area contributed by atoms with Crippen molar-refractivity contribution < 1.29 is 22.0 Å². The fourth-order valence-corrected chi connectivity index (χ4v) is 3.23. The Hall–Kier alpha value is -3.82. The molecule has 0 aliphatic carbocycles. The van der Waals surface area contributed by atoms with Crippen molar-refractivity contribution in [3.8, 4) is 0 Å². The summed E-state index contributed by atoms with van der Waals surface area (Å²) in [4.78, 5) is 12.0. The van der Waals surface area contributed by atoms with Gasteiger partial charge in [-0.1, -0.05) is 12.6 Å². The van der Waals surface area contributed by atoms with Crippen LogP contribution in [0, 0.1) is 18.6 Å². The molecule has 0 spiro atoms. The standard InChI is InChI=1S/C22H16F5N5/c1-12-3-6-18-17(9-12)31-21(22(25,26)27)32(18)20-11-29-19(7-8-28-20)30-13(2)15-10-14(23)4-5-16(15)24/h3-6,8-11H,2,7H2,1H3,(H,29,30). The number of imidazole rings is 1. The monoisotopic (exact) mass is 445 g/mol. The number of aromatic nitrogens is 2. The van der Waals surface area contributed by atoms with Crippen LogP contribution in [-0.2, 0) is 6.18 Å². The number of amidine groups is 1. The van der Waals surface area contributed by atoms with Gasteiger partial charge in [0.05, 0.1) is 17.2 Å². The second-order valence-electron chi connectivity index (χ2n) is 7.07. The lowest BCUT2D eigenvalue weighted by molar-refractivity contribution is -0.145. The quantitative estimate of drug-likeness (QED) is 0.539. The molecule has 1 N–H and O–H groups in total. The second-order valence-corrected chi connectivity index (χ2v) is 7.07. The number of alkyl halides is 3. The molecule has 0 amide bonds. The Kier molecular flexibility index (Phi) is 5.37. The van der Waals surface area contributed by atoms with E-state index in [9.17, 15) is 22.0 Å². The van der Waals surface area contributed by atoms with E-state index < -0.39 is 23.6 Å². The molecular formula is C22H16F5N5. The van der Waals surface area contributed by atoms with Gasteiger partial charge in [0.1, 0.15) is 17.5 Å². The highest BCUT2D eigenvalue weighted by Crippen LogP contribution is 2.34. The van der Waals surface area contributed by atoms with Crippen molar-refractivity contribution in [2.45, 2.75) is 19.5 Å². The SMILES string of the molecule is C=C(NC1=NC=C(n2c(C(F)(F)F)nc3cc(C)ccc32)N=CC1)c1cc(F)ccc1F. The Morgan fingerprint density at radius 3 is 2.66 bits per heavy atom. The van der Waals surface area contributed by atoms with Crippen LogP contribution in [0.1, 0.15) is 23.4 Å². The summed E-state index contributed by atoms with van der Waals surface area (Å²) in [5.41, 5.74) is 1.12. The lowest BCUT2D eigenvalue weighted by atomic mass is 10.1. The summed E-state index contributed by atoms with van der Waals surface area (Å²) < 4.78 is 69.3. The van der Waals surface area contributed by atoms with E-state index >= 15 is 0 Å². The fourth-order valence-electron chi connectivity index (χ4n) is 3.23. The summed E-state index contributed by atoms with van der Waals surface area (Å²) in [5, 5.41) is 2.76. The molecule has 2 heterocycles. The summed E-state index contributed by atoms with van der Waals surface area (Å²) in [7, 11) is 0. The summed E-state index contributed by atoms with van der Waals surface area (Å²) in [6.45, 7) is 5.44. The number of fused-ring (bicyclic) bond motifs is 1. The molecule has 0 radical (unpaired) electrons. The van der Waals surface area contributed by atoms with E-state index in [2.05, 4.69) is 26.9 Å². The zero-order valence-corrected chi connectivity index (χ0v) is 16.7. The van der Waals surface area contributed by atoms with Gasteiger partial charge in [0.2, 0.25) is 5.82 Å². The van der Waals surface area contributed by atoms with E-state index in [0.29, 0.717) is 0 Å². The van der Waals surface area contributed by atoms with Crippen LogP contribution in [-0.4, -0.2) is 21.6 Å². The third-order valence-corrected chi connectivity index (χ3v) is 4.69. The van der Waals surface area contributed by atoms with Gasteiger partial charge in [-0.2, -0.15) is 13.2 Å². The number of nitrogens with zero attached hydrogens (tertiary/aromatic N) is 4. The van der Waals surface area contributed by atoms with Gasteiger partial charge in [-0.3, -0.25) is 4.57 Å². The van der Waals surface area contributed by atoms with Crippen molar-refractivity contribution in [3.05, 3.63) is 77.8 Å². The number of halogens is 5. The van der Waals surface area contributed by atoms with Gasteiger partial charge in [0.15, 0.2) is 5.82 Å². The molecule has 0 unspecified atom stereocenters. The normalized spacial score (nSPS) is 14.2. The average molecular weight is 445 g/mol. The minimum Gasteiger partial charge on any atom is -0.343 e. The van der Waals surface area contributed by atoms with Gasteiger partial charge in [-0.05, 0) is 42.8 Å². The van der Waals surface area contributed by atoms with Crippen molar-refractivity contribution in [1.29, 1.82) is 0 Å². The highest BCUT2D eigenvalue weighted by atomic mass is 19.4. The Bertz CT molecular complexity index is 1310. The van der Waals surface area contributed by atoms with Crippen LogP contribution >= 0.6 is 0 Å². The summed E-state index contributed by atoms with van der Waals surface area (Å²) in [5.74, 6) is -2.30. The van der Waals surface area contributed by atoms with Crippen LogP contribution in [0.3, 0.4) is 0 Å². The van der Waals surface area contributed by atoms with E-state index in [4.69, 9.17) is 0 Å². The molecule has 5 nitrogen and oxygen atoms in total. The topological polar surface area (TPSA) is 54.6 Å². The third kappa shape index (κ3) is 4.16. The molecule has 2 aromatic carbocycles. The van der Waals surface area contributed by atoms with Gasteiger partial charge >= 0.3 is 6.18 Å². The summed E-state index contributed by atoms with van der Waals surface area (Å²) in [6, 6.07) is 7.69. The minimum atomic E-state index is -4.72. The van der Waals surface area contributed by atoms with Gasteiger partial charge in [-0.25, -0.2) is 23.7 Å². The van der Waals surface area contributed by atoms with Gasteiger partial charge in [-0.15, -0.1) is 0 Å². The number of rotatable bonds is 3. The maximum absolute atomic E-state index is 14.0. The Balaban J connectivity index is 1.71. The Labute approximate surface area is 179 Å². The van der Waals surface area contributed by atoms with Gasteiger partial charge < -0.3 is 5.32 Å². The fraction of sp³-hybridized carbons (Fsp3) is 0.136. The molecule has 164 valence electrons. The number of nitrogens with one attached hydrogen (secondary N) is 1. The molecule has 0 atom stereocenters. The first-order valence-electron chi connectivity index (χ1n) is 9.41. The third-order valence-electron chi connectivity index (χ3n) is 4.69. The molecule has 10 heteroatoms. The largest absolute Gasteiger partial charge is 0.450 e. The first kappa shape index (κ1) is 21.4. The van der Waals surface area contributed by atoms with Crippen molar-refractivity contribution in [2.24, 2.45) is 9.98 Å².